The minimum Gasteiger partial charge on any atom is -0.462 e. The van der Waals surface area contributed by atoms with Crippen molar-refractivity contribution in [1.29, 1.82) is 0 Å². The van der Waals surface area contributed by atoms with Crippen molar-refractivity contribution < 1.29 is 23.9 Å². The molecule has 1 aliphatic rings. The van der Waals surface area contributed by atoms with E-state index in [1.807, 2.05) is 11.8 Å². The summed E-state index contributed by atoms with van der Waals surface area (Å²) in [4.78, 5) is 41.7. The second kappa shape index (κ2) is 9.58. The molecule has 0 bridgehead atoms. The predicted octanol–water partition coefficient (Wildman–Crippen LogP) is 3.15. The van der Waals surface area contributed by atoms with Crippen LogP contribution in [0.1, 0.15) is 78.1 Å². The van der Waals surface area contributed by atoms with Gasteiger partial charge in [-0.05, 0) is 46.1 Å². The fourth-order valence-corrected chi connectivity index (χ4v) is 3.78. The highest BCUT2D eigenvalue weighted by Gasteiger charge is 2.27. The number of carbonyl (C=O) groups is 3. The van der Waals surface area contributed by atoms with Crippen LogP contribution in [0.25, 0.3) is 0 Å². The van der Waals surface area contributed by atoms with Crippen LogP contribution in [0, 0.1) is 13.8 Å². The number of esters is 2. The molecule has 0 unspecified atom stereocenters. The molecule has 27 heavy (non-hydrogen) atoms. The lowest BCUT2D eigenvalue weighted by Gasteiger charge is -2.33. The molecule has 0 atom stereocenters. The Morgan fingerprint density at radius 2 is 1.70 bits per heavy atom. The van der Waals surface area contributed by atoms with Crippen LogP contribution >= 0.6 is 0 Å². The van der Waals surface area contributed by atoms with Crippen LogP contribution in [0.15, 0.2) is 0 Å². The van der Waals surface area contributed by atoms with E-state index >= 15 is 0 Å². The molecule has 1 amide bonds. The first-order valence-electron chi connectivity index (χ1n) is 9.73. The zero-order chi connectivity index (χ0) is 20.0. The van der Waals surface area contributed by atoms with Gasteiger partial charge in [-0.25, -0.2) is 9.59 Å². The predicted molar refractivity (Wildman–Crippen MR) is 101 cm³/mol. The van der Waals surface area contributed by atoms with Gasteiger partial charge >= 0.3 is 11.9 Å². The highest BCUT2D eigenvalue weighted by atomic mass is 16.5. The molecule has 7 heteroatoms. The van der Waals surface area contributed by atoms with Crippen molar-refractivity contribution in [2.24, 2.45) is 0 Å². The van der Waals surface area contributed by atoms with Crippen LogP contribution in [0.2, 0.25) is 0 Å². The van der Waals surface area contributed by atoms with Crippen molar-refractivity contribution >= 4 is 17.8 Å². The van der Waals surface area contributed by atoms with Crippen molar-refractivity contribution in [2.45, 2.75) is 65.8 Å². The van der Waals surface area contributed by atoms with Crippen LogP contribution in [0.3, 0.4) is 0 Å². The summed E-state index contributed by atoms with van der Waals surface area (Å²) >= 11 is 0. The monoisotopic (exact) mass is 378 g/mol. The first kappa shape index (κ1) is 21.0. The van der Waals surface area contributed by atoms with Gasteiger partial charge in [0.25, 0.3) is 5.91 Å². The molecule has 1 N–H and O–H groups in total. The molecule has 7 nitrogen and oxygen atoms in total. The smallest absolute Gasteiger partial charge is 0.355 e. The third-order valence-electron chi connectivity index (χ3n) is 5.12. The van der Waals surface area contributed by atoms with Crippen LogP contribution in [-0.4, -0.2) is 53.5 Å². The Bertz CT molecular complexity index is 689. The minimum absolute atomic E-state index is 0.177. The average molecular weight is 378 g/mol. The molecule has 1 aromatic rings. The van der Waals surface area contributed by atoms with Crippen molar-refractivity contribution in [3.05, 3.63) is 22.5 Å². The van der Waals surface area contributed by atoms with Gasteiger partial charge < -0.3 is 19.4 Å². The summed E-state index contributed by atoms with van der Waals surface area (Å²) in [6.45, 7) is 7.59. The number of nitrogens with one attached hydrogen (secondary N) is 1. The molecule has 2 rings (SSSR count). The molecule has 0 aromatic carbocycles. The van der Waals surface area contributed by atoms with Crippen LogP contribution in [-0.2, 0) is 14.3 Å². The van der Waals surface area contributed by atoms with E-state index in [9.17, 15) is 14.4 Å². The number of carbonyl (C=O) groups excluding carboxylic acids is 3. The van der Waals surface area contributed by atoms with E-state index in [0.29, 0.717) is 23.4 Å². The number of rotatable bonds is 7. The zero-order valence-electron chi connectivity index (χ0n) is 16.7. The lowest BCUT2D eigenvalue weighted by molar-refractivity contribution is -0.137. The summed E-state index contributed by atoms with van der Waals surface area (Å²) in [6.07, 6.45) is 5.49. The SMILES string of the molecule is CCOC(=O)c1c(C)[nH]c(C(=O)OCC(=O)N(CC)C2CCCCC2)c1C. The first-order valence-corrected chi connectivity index (χ1v) is 9.73. The molecule has 0 saturated heterocycles. The number of nitrogens with zero attached hydrogens (tertiary/aromatic N) is 1. The van der Waals surface area contributed by atoms with Crippen LogP contribution in [0.4, 0.5) is 0 Å². The van der Waals surface area contributed by atoms with Crippen molar-refractivity contribution in [2.75, 3.05) is 19.8 Å². The zero-order valence-corrected chi connectivity index (χ0v) is 16.7. The summed E-state index contributed by atoms with van der Waals surface area (Å²) < 4.78 is 10.3. The molecule has 0 spiro atoms. The topological polar surface area (TPSA) is 88.7 Å². The fourth-order valence-electron chi connectivity index (χ4n) is 3.78. The maximum atomic E-state index is 12.5. The molecule has 0 radical (unpaired) electrons. The molecule has 1 aliphatic carbocycles. The van der Waals surface area contributed by atoms with Gasteiger partial charge in [-0.2, -0.15) is 0 Å². The normalized spacial score (nSPS) is 14.7. The number of aryl methyl sites for hydroxylation is 1. The quantitative estimate of drug-likeness (QED) is 0.736. The number of aromatic nitrogens is 1. The Balaban J connectivity index is 2.01. The Morgan fingerprint density at radius 1 is 1.04 bits per heavy atom. The van der Waals surface area contributed by atoms with Crippen molar-refractivity contribution in [1.82, 2.24) is 9.88 Å². The molecular formula is C20H30N2O5. The summed E-state index contributed by atoms with van der Waals surface area (Å²) in [6, 6.07) is 0.236. The van der Waals surface area contributed by atoms with Gasteiger partial charge in [-0.15, -0.1) is 0 Å². The highest BCUT2D eigenvalue weighted by Crippen LogP contribution is 2.23. The van der Waals surface area contributed by atoms with E-state index in [0.717, 1.165) is 25.7 Å². The number of likely N-dealkylation sites (N-methyl/N-ethyl adjacent to an activating group) is 1. The maximum Gasteiger partial charge on any atom is 0.355 e. The number of aromatic amines is 1. The summed E-state index contributed by atoms with van der Waals surface area (Å²) in [5.74, 6) is -1.29. The molecule has 1 saturated carbocycles. The fraction of sp³-hybridized carbons (Fsp3) is 0.650. The van der Waals surface area contributed by atoms with Crippen LogP contribution in [0.5, 0.6) is 0 Å². The number of ether oxygens (including phenoxy) is 2. The van der Waals surface area contributed by atoms with Gasteiger partial charge in [0.15, 0.2) is 6.61 Å². The van der Waals surface area contributed by atoms with Gasteiger partial charge in [-0.1, -0.05) is 19.3 Å². The van der Waals surface area contributed by atoms with Gasteiger partial charge in [0.05, 0.1) is 12.2 Å². The Hall–Kier alpha value is -2.31. The van der Waals surface area contributed by atoms with Gasteiger partial charge in [0.2, 0.25) is 0 Å². The van der Waals surface area contributed by atoms with Gasteiger partial charge in [0.1, 0.15) is 5.69 Å². The summed E-state index contributed by atoms with van der Waals surface area (Å²) in [5.41, 5.74) is 1.54. The Labute approximate surface area is 160 Å². The Kier molecular flexibility index (Phi) is 7.45. The minimum atomic E-state index is -0.640. The summed E-state index contributed by atoms with van der Waals surface area (Å²) in [7, 11) is 0. The van der Waals surface area contributed by atoms with Crippen molar-refractivity contribution in [3.63, 3.8) is 0 Å². The highest BCUT2D eigenvalue weighted by molar-refractivity contribution is 5.99. The van der Waals surface area contributed by atoms with E-state index in [4.69, 9.17) is 9.47 Å². The van der Waals surface area contributed by atoms with E-state index in [1.54, 1.807) is 20.8 Å². The van der Waals surface area contributed by atoms with E-state index in [2.05, 4.69) is 4.98 Å². The molecule has 150 valence electrons. The average Bonchev–Trinajstić information content (AvgIpc) is 2.96. The second-order valence-corrected chi connectivity index (χ2v) is 6.89. The molecule has 1 aromatic heterocycles. The standard InChI is InChI=1S/C20H30N2O5/c1-5-22(15-10-8-7-9-11-15)16(23)12-27-20(25)18-13(3)17(14(4)21-18)19(24)26-6-2/h15,21H,5-12H2,1-4H3. The third-order valence-corrected chi connectivity index (χ3v) is 5.12. The van der Waals surface area contributed by atoms with E-state index < -0.39 is 11.9 Å². The summed E-state index contributed by atoms with van der Waals surface area (Å²) in [5, 5.41) is 0. The van der Waals surface area contributed by atoms with Gasteiger partial charge in [-0.3, -0.25) is 4.79 Å². The third kappa shape index (κ3) is 4.90. The van der Waals surface area contributed by atoms with Gasteiger partial charge in [0, 0.05) is 18.3 Å². The number of H-pyrrole nitrogens is 1. The maximum absolute atomic E-state index is 12.5. The molecule has 1 fully saturated rings. The first-order chi connectivity index (χ1) is 12.9. The van der Waals surface area contributed by atoms with Crippen molar-refractivity contribution in [3.8, 4) is 0 Å². The van der Waals surface area contributed by atoms with E-state index in [1.165, 1.54) is 6.42 Å². The lowest BCUT2D eigenvalue weighted by atomic mass is 9.94. The number of hydrogen-bond donors (Lipinski definition) is 1. The molecule has 1 heterocycles. The lowest BCUT2D eigenvalue weighted by Crippen LogP contribution is -2.43. The number of amides is 1. The van der Waals surface area contributed by atoms with Crippen LogP contribution < -0.4 is 0 Å². The largest absolute Gasteiger partial charge is 0.462 e. The molecular weight excluding hydrogens is 348 g/mol. The molecule has 0 aliphatic heterocycles. The number of hydrogen-bond acceptors (Lipinski definition) is 5. The van der Waals surface area contributed by atoms with E-state index in [-0.39, 0.29) is 30.9 Å². The Morgan fingerprint density at radius 3 is 2.30 bits per heavy atom. The second-order valence-electron chi connectivity index (χ2n) is 6.89.